The van der Waals surface area contributed by atoms with E-state index in [1.807, 2.05) is 21.0 Å². The minimum absolute atomic E-state index is 0.280. The number of methoxy groups -OCH3 is 1. The van der Waals surface area contributed by atoms with Crippen LogP contribution in [-0.2, 0) is 9.53 Å². The monoisotopic (exact) mass is 454 g/mol. The lowest BCUT2D eigenvalue weighted by Crippen LogP contribution is -2.54. The Morgan fingerprint density at radius 2 is 1.64 bits per heavy atom. The quantitative estimate of drug-likeness (QED) is 0.431. The summed E-state index contributed by atoms with van der Waals surface area (Å²) >= 11 is 3.45. The van der Waals surface area contributed by atoms with E-state index < -0.39 is 0 Å². The molecule has 8 unspecified atom stereocenters. The highest BCUT2D eigenvalue weighted by atomic mass is 79.9. The summed E-state index contributed by atoms with van der Waals surface area (Å²) in [6.45, 7) is 10.1. The maximum atomic E-state index is 12.6. The van der Waals surface area contributed by atoms with Crippen LogP contribution in [0.4, 0.5) is 0 Å². The second kappa shape index (κ2) is 9.08. The van der Waals surface area contributed by atoms with E-state index >= 15 is 0 Å². The fourth-order valence-electron chi connectivity index (χ4n) is 8.36. The number of halogens is 1. The molecule has 2 nitrogen and oxygen atoms in total. The first kappa shape index (κ1) is 22.8. The second-order valence-electron chi connectivity index (χ2n) is 10.5. The van der Waals surface area contributed by atoms with E-state index in [9.17, 15) is 4.79 Å². The Hall–Kier alpha value is 0.110. The van der Waals surface area contributed by atoms with Gasteiger partial charge in [0.25, 0.3) is 0 Å². The Balaban J connectivity index is 0.00000109. The van der Waals surface area contributed by atoms with E-state index in [1.54, 1.807) is 0 Å². The van der Waals surface area contributed by atoms with Crippen LogP contribution in [0.2, 0.25) is 0 Å². The van der Waals surface area contributed by atoms with Gasteiger partial charge in [-0.1, -0.05) is 43.6 Å². The molecule has 0 heterocycles. The van der Waals surface area contributed by atoms with E-state index in [4.69, 9.17) is 4.74 Å². The van der Waals surface area contributed by atoms with E-state index in [1.165, 1.54) is 51.4 Å². The zero-order valence-electron chi connectivity index (χ0n) is 18.9. The molecule has 0 saturated heterocycles. The molecule has 0 amide bonds. The Morgan fingerprint density at radius 3 is 2.32 bits per heavy atom. The standard InChI is InChI=1S/C23H37BrO2.C2H6/c1-22-10-8-15(14-26-3)12-16(22)4-5-17-18-6-7-20(21(25)13-24)23(18,2)11-9-19(17)22;1-2/h15-20H,4-14H2,1-3H3;1-2H3. The average molecular weight is 456 g/mol. The molecule has 162 valence electrons. The molecular formula is C25H43BrO2. The number of ketones is 1. The smallest absolute Gasteiger partial charge is 0.147 e. The van der Waals surface area contributed by atoms with Crippen molar-refractivity contribution in [3.05, 3.63) is 0 Å². The van der Waals surface area contributed by atoms with Gasteiger partial charge in [-0.3, -0.25) is 4.79 Å². The summed E-state index contributed by atoms with van der Waals surface area (Å²) in [5, 5.41) is 0.550. The molecular weight excluding hydrogens is 412 g/mol. The average Bonchev–Trinajstić information content (AvgIpc) is 3.06. The molecule has 0 aromatic heterocycles. The minimum Gasteiger partial charge on any atom is -0.384 e. The van der Waals surface area contributed by atoms with Crippen LogP contribution in [0.15, 0.2) is 0 Å². The highest BCUT2D eigenvalue weighted by Crippen LogP contribution is 2.67. The zero-order chi connectivity index (χ0) is 20.5. The van der Waals surface area contributed by atoms with E-state index in [0.717, 1.165) is 42.6 Å². The summed E-state index contributed by atoms with van der Waals surface area (Å²) < 4.78 is 5.48. The zero-order valence-corrected chi connectivity index (χ0v) is 20.5. The molecule has 4 fully saturated rings. The van der Waals surface area contributed by atoms with Crippen molar-refractivity contribution in [2.24, 2.45) is 46.3 Å². The Labute approximate surface area is 182 Å². The lowest BCUT2D eigenvalue weighted by molar-refractivity contribution is -0.135. The molecule has 0 aromatic carbocycles. The minimum atomic E-state index is 0.280. The topological polar surface area (TPSA) is 26.3 Å². The first-order valence-corrected chi connectivity index (χ1v) is 13.1. The molecule has 4 saturated carbocycles. The Morgan fingerprint density at radius 1 is 0.964 bits per heavy atom. The van der Waals surface area contributed by atoms with Crippen LogP contribution < -0.4 is 0 Å². The largest absolute Gasteiger partial charge is 0.384 e. The van der Waals surface area contributed by atoms with Crippen molar-refractivity contribution in [1.29, 1.82) is 0 Å². The van der Waals surface area contributed by atoms with Crippen LogP contribution >= 0.6 is 15.9 Å². The first-order valence-electron chi connectivity index (χ1n) is 12.0. The van der Waals surface area contributed by atoms with Crippen molar-refractivity contribution in [3.8, 4) is 0 Å². The van der Waals surface area contributed by atoms with Gasteiger partial charge in [0, 0.05) is 19.6 Å². The third-order valence-electron chi connectivity index (χ3n) is 9.70. The molecule has 0 aliphatic heterocycles. The number of fused-ring (bicyclic) bond motifs is 5. The molecule has 4 aliphatic carbocycles. The van der Waals surface area contributed by atoms with Gasteiger partial charge in [-0.2, -0.15) is 0 Å². The van der Waals surface area contributed by atoms with Crippen molar-refractivity contribution < 1.29 is 9.53 Å². The number of Topliss-reactive ketones (excluding diaryl/α,β-unsaturated/α-hetero) is 1. The molecule has 28 heavy (non-hydrogen) atoms. The molecule has 8 atom stereocenters. The fraction of sp³-hybridized carbons (Fsp3) is 0.960. The Kier molecular flexibility index (Phi) is 7.39. The van der Waals surface area contributed by atoms with Gasteiger partial charge in [-0.25, -0.2) is 0 Å². The number of carbonyl (C=O) groups excluding carboxylic acids is 1. The van der Waals surface area contributed by atoms with E-state index in [-0.39, 0.29) is 5.41 Å². The lowest BCUT2D eigenvalue weighted by atomic mass is 9.44. The van der Waals surface area contributed by atoms with Gasteiger partial charge < -0.3 is 4.74 Å². The van der Waals surface area contributed by atoms with Gasteiger partial charge in [0.2, 0.25) is 0 Å². The molecule has 3 heteroatoms. The molecule has 0 radical (unpaired) electrons. The first-order chi connectivity index (χ1) is 13.4. The highest BCUT2D eigenvalue weighted by Gasteiger charge is 2.60. The van der Waals surface area contributed by atoms with Crippen LogP contribution in [0.5, 0.6) is 0 Å². The van der Waals surface area contributed by atoms with Gasteiger partial charge >= 0.3 is 0 Å². The van der Waals surface area contributed by atoms with Crippen LogP contribution in [0.25, 0.3) is 0 Å². The van der Waals surface area contributed by atoms with Gasteiger partial charge in [-0.05, 0) is 98.2 Å². The maximum absolute atomic E-state index is 12.6. The second-order valence-corrected chi connectivity index (χ2v) is 11.1. The van der Waals surface area contributed by atoms with Gasteiger partial charge in [-0.15, -0.1) is 0 Å². The molecule has 0 aromatic rings. The maximum Gasteiger partial charge on any atom is 0.147 e. The summed E-state index contributed by atoms with van der Waals surface area (Å²) in [6, 6.07) is 0. The normalized spacial score (nSPS) is 47.2. The Bertz CT molecular complexity index is 549. The SMILES string of the molecule is CC.COCC1CCC2(C)C(CCC3C2CCC2(C)C(C(=O)CBr)CCC32)C1. The van der Waals surface area contributed by atoms with Crippen LogP contribution in [0.1, 0.15) is 85.5 Å². The summed E-state index contributed by atoms with van der Waals surface area (Å²) in [4.78, 5) is 12.6. The van der Waals surface area contributed by atoms with Crippen molar-refractivity contribution in [2.45, 2.75) is 85.5 Å². The fourth-order valence-corrected chi connectivity index (χ4v) is 8.75. The van der Waals surface area contributed by atoms with Gasteiger partial charge in [0.1, 0.15) is 5.78 Å². The predicted octanol–water partition coefficient (Wildman–Crippen LogP) is 6.90. The van der Waals surface area contributed by atoms with Crippen LogP contribution in [-0.4, -0.2) is 24.8 Å². The number of rotatable bonds is 4. The number of carbonyl (C=O) groups is 1. The molecule has 4 rings (SSSR count). The number of ether oxygens (including phenoxy) is 1. The van der Waals surface area contributed by atoms with Crippen molar-refractivity contribution in [3.63, 3.8) is 0 Å². The van der Waals surface area contributed by atoms with Crippen LogP contribution in [0, 0.1) is 46.3 Å². The third-order valence-corrected chi connectivity index (χ3v) is 10.2. The van der Waals surface area contributed by atoms with Crippen molar-refractivity contribution in [2.75, 3.05) is 19.0 Å². The summed E-state index contributed by atoms with van der Waals surface area (Å²) in [5.74, 6) is 5.05. The van der Waals surface area contributed by atoms with Gasteiger partial charge in [0.05, 0.1) is 5.33 Å². The van der Waals surface area contributed by atoms with E-state index in [0.29, 0.717) is 22.4 Å². The van der Waals surface area contributed by atoms with Crippen molar-refractivity contribution >= 4 is 21.7 Å². The lowest BCUT2D eigenvalue weighted by Gasteiger charge is -2.61. The summed E-state index contributed by atoms with van der Waals surface area (Å²) in [6.07, 6.45) is 12.1. The van der Waals surface area contributed by atoms with Crippen molar-refractivity contribution in [1.82, 2.24) is 0 Å². The molecule has 4 aliphatic rings. The number of hydrogen-bond donors (Lipinski definition) is 0. The highest BCUT2D eigenvalue weighted by molar-refractivity contribution is 9.09. The molecule has 0 N–H and O–H groups in total. The third kappa shape index (κ3) is 3.66. The van der Waals surface area contributed by atoms with Gasteiger partial charge in [0.15, 0.2) is 0 Å². The van der Waals surface area contributed by atoms with Crippen LogP contribution in [0.3, 0.4) is 0 Å². The molecule has 0 bridgehead atoms. The summed E-state index contributed by atoms with van der Waals surface area (Å²) in [7, 11) is 1.86. The predicted molar refractivity (Wildman–Crippen MR) is 121 cm³/mol. The number of hydrogen-bond acceptors (Lipinski definition) is 2. The van der Waals surface area contributed by atoms with E-state index in [2.05, 4.69) is 29.8 Å². The summed E-state index contributed by atoms with van der Waals surface area (Å²) in [5.41, 5.74) is 0.828. The number of alkyl halides is 1. The molecule has 0 spiro atoms.